The fourth-order valence-electron chi connectivity index (χ4n) is 10.4. The van der Waals surface area contributed by atoms with Gasteiger partial charge < -0.3 is 4.90 Å². The average Bonchev–Trinajstić information content (AvgIpc) is 3.65. The molecule has 0 fully saturated rings. The summed E-state index contributed by atoms with van der Waals surface area (Å²) < 4.78 is 0. The van der Waals surface area contributed by atoms with Crippen LogP contribution in [0, 0.1) is 0 Å². The molecule has 1 nitrogen and oxygen atoms in total. The Morgan fingerprint density at radius 3 is 1.63 bits per heavy atom. The Bertz CT molecular complexity index is 3100. The molecule has 282 valence electrons. The first-order valence-corrected chi connectivity index (χ1v) is 20.9. The van der Waals surface area contributed by atoms with Gasteiger partial charge >= 0.3 is 0 Å². The summed E-state index contributed by atoms with van der Waals surface area (Å²) in [7, 11) is 0. The standard InChI is InChI=1S/C58H45N/c1-57(2)50-28-16-14-25-46(50)48-36-41(30-34-51(48)57)56-43-23-12-11-20-39(43)31-35-54(56)59(42-32-33-47-45-24-13-15-27-49(45)58(3,4)52(47)37-42)53-29-17-26-44(38-18-7-5-8-19-38)55(53)40-21-9-6-10-22-40/h5-37H,1-4H3. The van der Waals surface area contributed by atoms with Crippen LogP contribution in [0.3, 0.4) is 0 Å². The Morgan fingerprint density at radius 1 is 0.322 bits per heavy atom. The van der Waals surface area contributed by atoms with E-state index in [1.165, 1.54) is 88.7 Å². The summed E-state index contributed by atoms with van der Waals surface area (Å²) in [6.07, 6.45) is 0. The number of hydrogen-bond acceptors (Lipinski definition) is 1. The van der Waals surface area contributed by atoms with E-state index in [1.54, 1.807) is 0 Å². The van der Waals surface area contributed by atoms with Crippen LogP contribution < -0.4 is 4.90 Å². The highest BCUT2D eigenvalue weighted by Gasteiger charge is 2.37. The molecule has 0 radical (unpaired) electrons. The highest BCUT2D eigenvalue weighted by molar-refractivity contribution is 6.08. The van der Waals surface area contributed by atoms with Crippen LogP contribution in [-0.2, 0) is 10.8 Å². The molecule has 0 spiro atoms. The Kier molecular flexibility index (Phi) is 7.94. The zero-order valence-electron chi connectivity index (χ0n) is 34.0. The van der Waals surface area contributed by atoms with Crippen LogP contribution in [0.25, 0.3) is 66.4 Å². The second kappa shape index (κ2) is 13.3. The maximum atomic E-state index is 2.56. The lowest BCUT2D eigenvalue weighted by molar-refractivity contribution is 0.660. The summed E-state index contributed by atoms with van der Waals surface area (Å²) in [5, 5.41) is 2.45. The topological polar surface area (TPSA) is 3.24 Å². The van der Waals surface area contributed by atoms with Crippen molar-refractivity contribution in [3.8, 4) is 55.6 Å². The minimum absolute atomic E-state index is 0.0741. The van der Waals surface area contributed by atoms with Gasteiger partial charge in [-0.3, -0.25) is 0 Å². The van der Waals surface area contributed by atoms with Gasteiger partial charge in [0.05, 0.1) is 11.4 Å². The van der Waals surface area contributed by atoms with E-state index in [9.17, 15) is 0 Å². The van der Waals surface area contributed by atoms with Crippen LogP contribution in [-0.4, -0.2) is 0 Å². The van der Waals surface area contributed by atoms with Gasteiger partial charge in [0.15, 0.2) is 0 Å². The predicted molar refractivity (Wildman–Crippen MR) is 250 cm³/mol. The van der Waals surface area contributed by atoms with E-state index in [4.69, 9.17) is 0 Å². The number of anilines is 3. The van der Waals surface area contributed by atoms with E-state index < -0.39 is 0 Å². The summed E-state index contributed by atoms with van der Waals surface area (Å²) in [5.74, 6) is 0. The van der Waals surface area contributed by atoms with E-state index >= 15 is 0 Å². The molecule has 9 aromatic carbocycles. The normalized spacial score (nSPS) is 14.0. The van der Waals surface area contributed by atoms with Crippen molar-refractivity contribution < 1.29 is 0 Å². The lowest BCUT2D eigenvalue weighted by atomic mass is 9.82. The maximum absolute atomic E-state index is 2.56. The summed E-state index contributed by atoms with van der Waals surface area (Å²) >= 11 is 0. The molecule has 11 rings (SSSR count). The first kappa shape index (κ1) is 35.2. The monoisotopic (exact) mass is 755 g/mol. The van der Waals surface area contributed by atoms with Crippen LogP contribution in [0.5, 0.6) is 0 Å². The van der Waals surface area contributed by atoms with E-state index in [0.29, 0.717) is 0 Å². The van der Waals surface area contributed by atoms with Crippen molar-refractivity contribution in [2.45, 2.75) is 38.5 Å². The first-order valence-electron chi connectivity index (χ1n) is 20.9. The summed E-state index contributed by atoms with van der Waals surface area (Å²) in [6, 6.07) is 74.5. The Labute approximate surface area is 347 Å². The van der Waals surface area contributed by atoms with E-state index in [2.05, 4.69) is 233 Å². The molecule has 0 unspecified atom stereocenters. The van der Waals surface area contributed by atoms with Gasteiger partial charge in [0.2, 0.25) is 0 Å². The van der Waals surface area contributed by atoms with Gasteiger partial charge in [-0.15, -0.1) is 0 Å². The number of fused-ring (bicyclic) bond motifs is 7. The van der Waals surface area contributed by atoms with Crippen molar-refractivity contribution in [3.63, 3.8) is 0 Å². The van der Waals surface area contributed by atoms with Gasteiger partial charge in [-0.2, -0.15) is 0 Å². The van der Waals surface area contributed by atoms with Crippen molar-refractivity contribution >= 4 is 27.8 Å². The molecule has 9 aromatic rings. The number of nitrogens with zero attached hydrogens (tertiary/aromatic N) is 1. The minimum atomic E-state index is -0.159. The summed E-state index contributed by atoms with van der Waals surface area (Å²) in [4.78, 5) is 2.56. The van der Waals surface area contributed by atoms with Gasteiger partial charge in [0.1, 0.15) is 0 Å². The van der Waals surface area contributed by atoms with E-state index in [-0.39, 0.29) is 10.8 Å². The quantitative estimate of drug-likeness (QED) is 0.163. The lowest BCUT2D eigenvalue weighted by Crippen LogP contribution is -2.17. The van der Waals surface area contributed by atoms with Gasteiger partial charge in [-0.25, -0.2) is 0 Å². The van der Waals surface area contributed by atoms with Gasteiger partial charge in [0.25, 0.3) is 0 Å². The molecule has 0 aliphatic heterocycles. The average molecular weight is 756 g/mol. The van der Waals surface area contributed by atoms with Crippen LogP contribution >= 0.6 is 0 Å². The van der Waals surface area contributed by atoms with Gasteiger partial charge in [-0.1, -0.05) is 198 Å². The third kappa shape index (κ3) is 5.38. The second-order valence-electron chi connectivity index (χ2n) is 17.3. The Hall–Kier alpha value is -6.96. The van der Waals surface area contributed by atoms with Crippen LogP contribution in [0.4, 0.5) is 17.1 Å². The molecule has 0 N–H and O–H groups in total. The van der Waals surface area contributed by atoms with Crippen molar-refractivity contribution in [2.24, 2.45) is 0 Å². The molecule has 0 bridgehead atoms. The predicted octanol–water partition coefficient (Wildman–Crippen LogP) is 15.9. The highest BCUT2D eigenvalue weighted by atomic mass is 15.1. The second-order valence-corrected chi connectivity index (χ2v) is 17.3. The summed E-state index contributed by atoms with van der Waals surface area (Å²) in [6.45, 7) is 9.48. The Morgan fingerprint density at radius 2 is 0.881 bits per heavy atom. The molecule has 0 saturated heterocycles. The van der Waals surface area contributed by atoms with Crippen molar-refractivity contribution in [1.82, 2.24) is 0 Å². The lowest BCUT2D eigenvalue weighted by Gasteiger charge is -2.33. The third-order valence-corrected chi connectivity index (χ3v) is 13.3. The Balaban J connectivity index is 1.24. The highest BCUT2D eigenvalue weighted by Crippen LogP contribution is 2.55. The third-order valence-electron chi connectivity index (χ3n) is 13.3. The van der Waals surface area contributed by atoms with Crippen molar-refractivity contribution in [1.29, 1.82) is 0 Å². The van der Waals surface area contributed by atoms with Crippen LogP contribution in [0.15, 0.2) is 200 Å². The molecule has 0 amide bonds. The van der Waals surface area contributed by atoms with Crippen LogP contribution in [0.2, 0.25) is 0 Å². The fraction of sp³-hybridized carbons (Fsp3) is 0.103. The molecule has 0 heterocycles. The van der Waals surface area contributed by atoms with E-state index in [1.807, 2.05) is 0 Å². The molecule has 2 aliphatic rings. The van der Waals surface area contributed by atoms with Gasteiger partial charge in [0, 0.05) is 27.6 Å². The zero-order valence-corrected chi connectivity index (χ0v) is 34.0. The molecular formula is C58H45N. The largest absolute Gasteiger partial charge is 0.309 e. The summed E-state index contributed by atoms with van der Waals surface area (Å²) in [5.41, 5.74) is 21.2. The zero-order chi connectivity index (χ0) is 39.9. The fourth-order valence-corrected chi connectivity index (χ4v) is 10.4. The van der Waals surface area contributed by atoms with Crippen molar-refractivity contribution in [3.05, 3.63) is 222 Å². The molecule has 0 saturated carbocycles. The number of benzene rings is 9. The minimum Gasteiger partial charge on any atom is -0.309 e. The maximum Gasteiger partial charge on any atom is 0.0546 e. The number of hydrogen-bond donors (Lipinski definition) is 0. The molecular weight excluding hydrogens is 711 g/mol. The van der Waals surface area contributed by atoms with Gasteiger partial charge in [-0.05, 0) is 108 Å². The number of rotatable bonds is 6. The molecule has 2 aliphatic carbocycles. The molecule has 0 atom stereocenters. The smallest absolute Gasteiger partial charge is 0.0546 e. The molecule has 0 aromatic heterocycles. The SMILES string of the molecule is CC1(C)c2ccccc2-c2cc(-c3c(N(c4ccc5c(c4)C(C)(C)c4ccccc4-5)c4cccc(-c5ccccc5)c4-c4ccccc4)ccc4ccccc34)ccc21. The van der Waals surface area contributed by atoms with Crippen molar-refractivity contribution in [2.75, 3.05) is 4.90 Å². The van der Waals surface area contributed by atoms with E-state index in [0.717, 1.165) is 17.1 Å². The first-order chi connectivity index (χ1) is 28.8. The molecule has 1 heteroatoms. The van der Waals surface area contributed by atoms with Crippen LogP contribution in [0.1, 0.15) is 49.9 Å². The molecule has 59 heavy (non-hydrogen) atoms.